The molecule has 0 aromatic heterocycles. The first kappa shape index (κ1) is 21.3. The molecule has 1 spiro atoms. The molecule has 28 heavy (non-hydrogen) atoms. The van der Waals surface area contributed by atoms with Gasteiger partial charge in [-0.05, 0) is 42.9 Å². The fraction of sp³-hybridized carbons (Fsp3) is 0.667. The van der Waals surface area contributed by atoms with Crippen LogP contribution in [-0.4, -0.2) is 63.1 Å². The Labute approximate surface area is 169 Å². The van der Waals surface area contributed by atoms with Crippen molar-refractivity contribution in [3.8, 4) is 0 Å². The van der Waals surface area contributed by atoms with Crippen LogP contribution in [0.5, 0.6) is 0 Å². The monoisotopic (exact) mass is 407 g/mol. The van der Waals surface area contributed by atoms with Crippen molar-refractivity contribution in [3.05, 3.63) is 35.4 Å². The second-order valence-corrected chi connectivity index (χ2v) is 10.7. The van der Waals surface area contributed by atoms with Crippen LogP contribution in [0.25, 0.3) is 0 Å². The fourth-order valence-corrected chi connectivity index (χ4v) is 4.88. The minimum Gasteiger partial charge on any atom is -0.341 e. The first-order chi connectivity index (χ1) is 13.2. The SMILES string of the molecule is CC(C)c1ccc(CN2CCCC3(CCN(C(=O)CNS(C)(=O)=O)C3)C2)cc1. The second kappa shape index (κ2) is 8.51. The second-order valence-electron chi connectivity index (χ2n) is 8.87. The summed E-state index contributed by atoms with van der Waals surface area (Å²) in [5.41, 5.74) is 2.85. The summed E-state index contributed by atoms with van der Waals surface area (Å²) in [5, 5.41) is 0. The Kier molecular flexibility index (Phi) is 6.47. The van der Waals surface area contributed by atoms with E-state index < -0.39 is 10.0 Å². The molecule has 2 saturated heterocycles. The molecule has 2 aliphatic heterocycles. The Morgan fingerprint density at radius 3 is 2.50 bits per heavy atom. The molecular weight excluding hydrogens is 374 g/mol. The number of hydrogen-bond donors (Lipinski definition) is 1. The predicted molar refractivity (Wildman–Crippen MR) is 112 cm³/mol. The van der Waals surface area contributed by atoms with E-state index in [-0.39, 0.29) is 17.9 Å². The first-order valence-corrected chi connectivity index (χ1v) is 12.1. The van der Waals surface area contributed by atoms with E-state index in [0.29, 0.717) is 5.92 Å². The molecule has 3 rings (SSSR count). The summed E-state index contributed by atoms with van der Waals surface area (Å²) in [6.45, 7) is 8.79. The van der Waals surface area contributed by atoms with Gasteiger partial charge in [0.15, 0.2) is 0 Å². The van der Waals surface area contributed by atoms with Crippen LogP contribution in [0.15, 0.2) is 24.3 Å². The average Bonchev–Trinajstić information content (AvgIpc) is 3.03. The summed E-state index contributed by atoms with van der Waals surface area (Å²) >= 11 is 0. The van der Waals surface area contributed by atoms with Crippen LogP contribution in [0.1, 0.15) is 50.2 Å². The number of likely N-dealkylation sites (tertiary alicyclic amines) is 2. The topological polar surface area (TPSA) is 69.7 Å². The molecule has 0 bridgehead atoms. The maximum absolute atomic E-state index is 12.4. The smallest absolute Gasteiger partial charge is 0.237 e. The summed E-state index contributed by atoms with van der Waals surface area (Å²) in [4.78, 5) is 16.7. The van der Waals surface area contributed by atoms with Gasteiger partial charge in [0.2, 0.25) is 15.9 Å². The van der Waals surface area contributed by atoms with E-state index in [9.17, 15) is 13.2 Å². The Morgan fingerprint density at radius 2 is 1.86 bits per heavy atom. The van der Waals surface area contributed by atoms with Gasteiger partial charge in [0.25, 0.3) is 0 Å². The van der Waals surface area contributed by atoms with Crippen LogP contribution in [0, 0.1) is 5.41 Å². The summed E-state index contributed by atoms with van der Waals surface area (Å²) < 4.78 is 24.8. The molecule has 156 valence electrons. The third-order valence-electron chi connectivity index (χ3n) is 6.07. The van der Waals surface area contributed by atoms with Crippen molar-refractivity contribution >= 4 is 15.9 Å². The highest BCUT2D eigenvalue weighted by Gasteiger charge is 2.42. The van der Waals surface area contributed by atoms with Gasteiger partial charge in [0.05, 0.1) is 12.8 Å². The molecule has 2 fully saturated rings. The van der Waals surface area contributed by atoms with E-state index in [1.165, 1.54) is 11.1 Å². The summed E-state index contributed by atoms with van der Waals surface area (Å²) in [6.07, 6.45) is 4.37. The van der Waals surface area contributed by atoms with Gasteiger partial charge in [0, 0.05) is 31.6 Å². The van der Waals surface area contributed by atoms with Crippen LogP contribution in [-0.2, 0) is 21.4 Å². The summed E-state index contributed by atoms with van der Waals surface area (Å²) in [5.74, 6) is 0.426. The molecule has 1 N–H and O–H groups in total. The van der Waals surface area contributed by atoms with Gasteiger partial charge in [-0.15, -0.1) is 0 Å². The van der Waals surface area contributed by atoms with E-state index in [4.69, 9.17) is 0 Å². The van der Waals surface area contributed by atoms with E-state index in [0.717, 1.165) is 58.2 Å². The Bertz CT molecular complexity index is 792. The van der Waals surface area contributed by atoms with Gasteiger partial charge in [-0.2, -0.15) is 0 Å². The number of benzene rings is 1. The Hall–Kier alpha value is -1.44. The van der Waals surface area contributed by atoms with Gasteiger partial charge < -0.3 is 4.90 Å². The third-order valence-corrected chi connectivity index (χ3v) is 6.74. The zero-order valence-corrected chi connectivity index (χ0v) is 18.1. The minimum absolute atomic E-state index is 0.122. The maximum Gasteiger partial charge on any atom is 0.237 e. The van der Waals surface area contributed by atoms with E-state index >= 15 is 0 Å². The molecule has 0 radical (unpaired) electrons. The first-order valence-electron chi connectivity index (χ1n) is 10.2. The van der Waals surface area contributed by atoms with E-state index in [1.54, 1.807) is 0 Å². The minimum atomic E-state index is -3.34. The molecular formula is C21H33N3O3S. The van der Waals surface area contributed by atoms with Crippen molar-refractivity contribution in [2.24, 2.45) is 5.41 Å². The number of rotatable bonds is 6. The lowest BCUT2D eigenvalue weighted by atomic mass is 9.79. The number of hydrogen-bond acceptors (Lipinski definition) is 4. The predicted octanol–water partition coefficient (Wildman–Crippen LogP) is 2.17. The highest BCUT2D eigenvalue weighted by molar-refractivity contribution is 7.88. The zero-order chi connectivity index (χ0) is 20.4. The lowest BCUT2D eigenvalue weighted by molar-refractivity contribution is -0.129. The number of piperidine rings is 1. The van der Waals surface area contributed by atoms with Crippen molar-refractivity contribution < 1.29 is 13.2 Å². The molecule has 6 nitrogen and oxygen atoms in total. The zero-order valence-electron chi connectivity index (χ0n) is 17.3. The van der Waals surface area contributed by atoms with Crippen molar-refractivity contribution in [1.29, 1.82) is 0 Å². The quantitative estimate of drug-likeness (QED) is 0.785. The summed E-state index contributed by atoms with van der Waals surface area (Å²) in [6, 6.07) is 8.92. The van der Waals surface area contributed by atoms with Crippen LogP contribution < -0.4 is 4.72 Å². The molecule has 7 heteroatoms. The maximum atomic E-state index is 12.4. The molecule has 1 atom stereocenters. The molecule has 1 unspecified atom stereocenters. The van der Waals surface area contributed by atoms with Gasteiger partial charge in [0.1, 0.15) is 0 Å². The molecule has 1 aromatic rings. The fourth-order valence-electron chi connectivity index (χ4n) is 4.50. The van der Waals surface area contributed by atoms with E-state index in [1.807, 2.05) is 4.90 Å². The van der Waals surface area contributed by atoms with Crippen molar-refractivity contribution in [2.45, 2.75) is 45.6 Å². The molecule has 1 amide bonds. The highest BCUT2D eigenvalue weighted by Crippen LogP contribution is 2.39. The standard InChI is InChI=1S/C21H33N3O3S/c1-17(2)19-7-5-18(6-8-19)14-23-11-4-9-21(15-23)10-12-24(16-21)20(25)13-22-28(3,26)27/h5-8,17,22H,4,9-16H2,1-3H3. The average molecular weight is 408 g/mol. The van der Waals surface area contributed by atoms with Gasteiger partial charge >= 0.3 is 0 Å². The van der Waals surface area contributed by atoms with Crippen LogP contribution in [0.4, 0.5) is 0 Å². The van der Waals surface area contributed by atoms with Crippen molar-refractivity contribution in [3.63, 3.8) is 0 Å². The Morgan fingerprint density at radius 1 is 1.14 bits per heavy atom. The van der Waals surface area contributed by atoms with Gasteiger partial charge in [-0.1, -0.05) is 38.1 Å². The van der Waals surface area contributed by atoms with Gasteiger partial charge in [-0.25, -0.2) is 13.1 Å². The number of nitrogens with one attached hydrogen (secondary N) is 1. The number of amides is 1. The Balaban J connectivity index is 1.56. The van der Waals surface area contributed by atoms with Crippen LogP contribution in [0.2, 0.25) is 0 Å². The van der Waals surface area contributed by atoms with Crippen molar-refractivity contribution in [1.82, 2.24) is 14.5 Å². The normalized spacial score (nSPS) is 23.6. The largest absolute Gasteiger partial charge is 0.341 e. The number of carbonyl (C=O) groups excluding carboxylic acids is 1. The van der Waals surface area contributed by atoms with Crippen molar-refractivity contribution in [2.75, 3.05) is 39.0 Å². The number of nitrogens with zero attached hydrogens (tertiary/aromatic N) is 2. The lowest BCUT2D eigenvalue weighted by Crippen LogP contribution is -2.46. The molecule has 1 aromatic carbocycles. The van der Waals surface area contributed by atoms with E-state index in [2.05, 4.69) is 47.7 Å². The molecule has 2 heterocycles. The van der Waals surface area contributed by atoms with Crippen LogP contribution >= 0.6 is 0 Å². The number of carbonyl (C=O) groups is 1. The summed E-state index contributed by atoms with van der Waals surface area (Å²) in [7, 11) is -3.34. The van der Waals surface area contributed by atoms with Crippen LogP contribution in [0.3, 0.4) is 0 Å². The molecule has 2 aliphatic rings. The van der Waals surface area contributed by atoms with Gasteiger partial charge in [-0.3, -0.25) is 9.69 Å². The lowest BCUT2D eigenvalue weighted by Gasteiger charge is -2.40. The highest BCUT2D eigenvalue weighted by atomic mass is 32.2. The molecule has 0 aliphatic carbocycles. The molecule has 0 saturated carbocycles. The third kappa shape index (κ3) is 5.55. The number of sulfonamides is 1.